The van der Waals surface area contributed by atoms with Gasteiger partial charge in [-0.25, -0.2) is 4.79 Å². The molecule has 5 fully saturated rings. The number of carbonyl (C=O) groups excluding carboxylic acids is 9. The van der Waals surface area contributed by atoms with Crippen molar-refractivity contribution in [3.63, 3.8) is 0 Å². The van der Waals surface area contributed by atoms with Gasteiger partial charge in [-0.2, -0.15) is 0 Å². The van der Waals surface area contributed by atoms with Gasteiger partial charge in [-0.3, -0.25) is 48.1 Å². The van der Waals surface area contributed by atoms with E-state index in [-0.39, 0.29) is 82.5 Å². The van der Waals surface area contributed by atoms with E-state index in [2.05, 4.69) is 26.3 Å². The molecule has 23 heteroatoms. The summed E-state index contributed by atoms with van der Waals surface area (Å²) in [5, 5.41) is 20.6. The van der Waals surface area contributed by atoms with Crippen LogP contribution in [-0.2, 0) is 47.9 Å². The van der Waals surface area contributed by atoms with Crippen LogP contribution in [0.25, 0.3) is 0 Å². The number of guanidine groups is 1. The molecular weight excluding hydrogens is 849 g/mol. The van der Waals surface area contributed by atoms with E-state index in [1.54, 1.807) is 6.92 Å². The molecule has 0 aromatic carbocycles. The zero-order valence-corrected chi connectivity index (χ0v) is 37.3. The molecule has 360 valence electrons. The van der Waals surface area contributed by atoms with Crippen LogP contribution in [0, 0.1) is 5.92 Å². The van der Waals surface area contributed by atoms with Crippen LogP contribution in [0.1, 0.15) is 110 Å². The van der Waals surface area contributed by atoms with Crippen molar-refractivity contribution in [3.8, 4) is 0 Å². The van der Waals surface area contributed by atoms with E-state index in [0.717, 1.165) is 0 Å². The van der Waals surface area contributed by atoms with Crippen molar-refractivity contribution < 1.29 is 53.1 Å². The van der Waals surface area contributed by atoms with Crippen LogP contribution in [0.15, 0.2) is 4.99 Å². The van der Waals surface area contributed by atoms with E-state index in [4.69, 9.17) is 17.2 Å². The Morgan fingerprint density at radius 3 is 1.80 bits per heavy atom. The lowest BCUT2D eigenvalue weighted by atomic mass is 9.96. The van der Waals surface area contributed by atoms with E-state index in [1.807, 2.05) is 6.92 Å². The van der Waals surface area contributed by atoms with Gasteiger partial charge >= 0.3 is 5.97 Å². The fourth-order valence-electron chi connectivity index (χ4n) is 9.54. The van der Waals surface area contributed by atoms with Gasteiger partial charge in [0.2, 0.25) is 53.2 Å². The lowest BCUT2D eigenvalue weighted by Gasteiger charge is -2.34. The molecule has 9 amide bonds. The van der Waals surface area contributed by atoms with Crippen LogP contribution in [0.3, 0.4) is 0 Å². The van der Waals surface area contributed by atoms with Gasteiger partial charge in [-0.05, 0) is 83.0 Å². The number of carbonyl (C=O) groups is 10. The maximum atomic E-state index is 14.4. The predicted octanol–water partition coefficient (Wildman–Crippen LogP) is -2.87. The third kappa shape index (κ3) is 12.4. The summed E-state index contributed by atoms with van der Waals surface area (Å²) in [6, 6.07) is -8.33. The molecule has 0 radical (unpaired) electrons. The van der Waals surface area contributed by atoms with Crippen LogP contribution < -0.4 is 38.5 Å². The van der Waals surface area contributed by atoms with Gasteiger partial charge in [0, 0.05) is 45.6 Å². The summed E-state index contributed by atoms with van der Waals surface area (Å²) in [6.45, 7) is 4.60. The summed E-state index contributed by atoms with van der Waals surface area (Å²) >= 11 is 0. The minimum atomic E-state index is -1.38. The summed E-state index contributed by atoms with van der Waals surface area (Å²) in [5.41, 5.74) is 16.5. The van der Waals surface area contributed by atoms with Crippen molar-refractivity contribution in [1.82, 2.24) is 40.9 Å². The van der Waals surface area contributed by atoms with E-state index >= 15 is 0 Å². The van der Waals surface area contributed by atoms with Gasteiger partial charge in [0.05, 0.1) is 0 Å². The molecule has 0 aromatic heterocycles. The van der Waals surface area contributed by atoms with Crippen molar-refractivity contribution >= 4 is 65.1 Å². The van der Waals surface area contributed by atoms with E-state index < -0.39 is 102 Å². The zero-order chi connectivity index (χ0) is 47.5. The number of amides is 9. The SMILES string of the molecule is CC[C@H](C)[C@H](NC(=O)[C@H](CCC(N)=O)NC(=O)[C@@H]1CCCN1C(=O)[C@H](CCCN=C(N)N)NC(=O)[C@@H]1CCCN1C(=O)[C@@H]1CCC(=O)N1)C(=O)N1CCC[C@H]1C(=O)N1CCC[C@H]1C(=O)O. The molecule has 5 aliphatic rings. The maximum absolute atomic E-state index is 14.4. The normalized spacial score (nSPS) is 24.7. The third-order valence-electron chi connectivity index (χ3n) is 13.3. The molecule has 5 saturated heterocycles. The molecule has 0 unspecified atom stereocenters. The van der Waals surface area contributed by atoms with E-state index in [1.165, 1.54) is 19.6 Å². The molecule has 9 atom stereocenters. The second-order valence-electron chi connectivity index (χ2n) is 17.7. The standard InChI is InChI=1S/C42H66N12O11/c1-3-23(2)33(40(63)53-21-7-12-29(53)39(62)54-22-8-13-30(54)41(64)65)50-34(57)24(14-16-31(43)55)48-35(58)27-10-5-19-51(27)37(60)25(9-4-18-46-42(44)45)49-36(59)28-11-6-20-52(28)38(61)26-15-17-32(56)47-26/h23-30,33H,3-22H2,1-2H3,(H2,43,55)(H,47,56)(H,48,58)(H,49,59)(H,50,57)(H,64,65)(H4,44,45,46)/t23-,24-,25-,26-,27-,28-,29-,30-,33-/m0/s1. The maximum Gasteiger partial charge on any atom is 0.326 e. The van der Waals surface area contributed by atoms with Gasteiger partial charge in [-0.15, -0.1) is 0 Å². The average molecular weight is 915 g/mol. The first-order valence-electron chi connectivity index (χ1n) is 22.9. The summed E-state index contributed by atoms with van der Waals surface area (Å²) in [4.78, 5) is 143. The highest BCUT2D eigenvalue weighted by atomic mass is 16.4. The molecule has 5 aliphatic heterocycles. The molecule has 65 heavy (non-hydrogen) atoms. The lowest BCUT2D eigenvalue weighted by molar-refractivity contribution is -0.152. The minimum absolute atomic E-state index is 0.0713. The third-order valence-corrected chi connectivity index (χ3v) is 13.3. The first-order chi connectivity index (χ1) is 30.9. The smallest absolute Gasteiger partial charge is 0.326 e. The largest absolute Gasteiger partial charge is 0.480 e. The quantitative estimate of drug-likeness (QED) is 0.0347. The predicted molar refractivity (Wildman–Crippen MR) is 231 cm³/mol. The van der Waals surface area contributed by atoms with Crippen molar-refractivity contribution in [3.05, 3.63) is 0 Å². The van der Waals surface area contributed by atoms with Gasteiger partial charge in [0.25, 0.3) is 0 Å². The Balaban J connectivity index is 1.30. The second-order valence-corrected chi connectivity index (χ2v) is 17.7. The highest BCUT2D eigenvalue weighted by Crippen LogP contribution is 2.28. The van der Waals surface area contributed by atoms with Gasteiger partial charge in [0.15, 0.2) is 5.96 Å². The zero-order valence-electron chi connectivity index (χ0n) is 37.3. The molecule has 0 bridgehead atoms. The number of carboxylic acid groups (broad SMARTS) is 1. The molecule has 5 heterocycles. The van der Waals surface area contributed by atoms with Gasteiger partial charge in [0.1, 0.15) is 48.3 Å². The minimum Gasteiger partial charge on any atom is -0.480 e. The van der Waals surface area contributed by atoms with E-state index in [0.29, 0.717) is 64.3 Å². The fraction of sp³-hybridized carbons (Fsp3) is 0.738. The Morgan fingerprint density at radius 1 is 0.708 bits per heavy atom. The van der Waals surface area contributed by atoms with Crippen molar-refractivity contribution in [2.24, 2.45) is 28.1 Å². The molecule has 0 saturated carbocycles. The summed E-state index contributed by atoms with van der Waals surface area (Å²) in [6.07, 6.45) is 3.84. The number of rotatable bonds is 20. The second kappa shape index (κ2) is 22.7. The lowest BCUT2D eigenvalue weighted by Crippen LogP contribution is -2.60. The number of carboxylic acids is 1. The van der Waals surface area contributed by atoms with Crippen LogP contribution in [0.4, 0.5) is 0 Å². The Hall–Kier alpha value is -6.03. The number of nitrogens with two attached hydrogens (primary N) is 3. The first kappa shape index (κ1) is 50.0. The number of likely N-dealkylation sites (tertiary alicyclic amines) is 4. The number of nitrogens with one attached hydrogen (secondary N) is 4. The van der Waals surface area contributed by atoms with Crippen molar-refractivity contribution in [2.75, 3.05) is 32.7 Å². The van der Waals surface area contributed by atoms with Crippen LogP contribution in [0.2, 0.25) is 0 Å². The monoisotopic (exact) mass is 914 g/mol. The first-order valence-corrected chi connectivity index (χ1v) is 22.9. The Bertz CT molecular complexity index is 1880. The average Bonchev–Trinajstić information content (AvgIpc) is 4.13. The molecule has 5 rings (SSSR count). The van der Waals surface area contributed by atoms with Crippen LogP contribution in [-0.4, -0.2) is 171 Å². The number of hydrogen-bond acceptors (Lipinski definition) is 11. The highest BCUT2D eigenvalue weighted by molar-refractivity contribution is 5.99. The molecular formula is C42H66N12O11. The number of hydrogen-bond donors (Lipinski definition) is 8. The van der Waals surface area contributed by atoms with E-state index in [9.17, 15) is 53.1 Å². The molecule has 23 nitrogen and oxygen atoms in total. The number of nitrogens with zero attached hydrogens (tertiary/aromatic N) is 5. The molecule has 11 N–H and O–H groups in total. The highest BCUT2D eigenvalue weighted by Gasteiger charge is 2.46. The topological polar surface area (TPSA) is 342 Å². The Morgan fingerprint density at radius 2 is 1.25 bits per heavy atom. The van der Waals surface area contributed by atoms with Crippen LogP contribution in [0.5, 0.6) is 0 Å². The number of primary amides is 1. The van der Waals surface area contributed by atoms with Gasteiger partial charge in [-0.1, -0.05) is 20.3 Å². The van der Waals surface area contributed by atoms with Crippen molar-refractivity contribution in [1.29, 1.82) is 0 Å². The Labute approximate surface area is 377 Å². The van der Waals surface area contributed by atoms with Crippen molar-refractivity contribution in [2.45, 2.75) is 158 Å². The summed E-state index contributed by atoms with van der Waals surface area (Å²) in [7, 11) is 0. The summed E-state index contributed by atoms with van der Waals surface area (Å²) < 4.78 is 0. The fourth-order valence-corrected chi connectivity index (χ4v) is 9.54. The summed E-state index contributed by atoms with van der Waals surface area (Å²) in [5.74, 6) is -6.76. The Kier molecular flexibility index (Phi) is 17.5. The number of aliphatic carboxylic acids is 1. The molecule has 0 aromatic rings. The number of aliphatic imine (C=N–C) groups is 1. The van der Waals surface area contributed by atoms with Gasteiger partial charge < -0.3 is 63.2 Å². The van der Waals surface area contributed by atoms with Crippen LogP contribution >= 0.6 is 0 Å². The molecule has 0 aliphatic carbocycles. The molecule has 0 spiro atoms.